The molecule has 0 aromatic rings. The van der Waals surface area contributed by atoms with E-state index in [0.29, 0.717) is 0 Å². The number of hydrogen-bond donors (Lipinski definition) is 0. The van der Waals surface area contributed by atoms with Crippen molar-refractivity contribution < 1.29 is 0 Å². The molecule has 0 aromatic heterocycles. The van der Waals surface area contributed by atoms with Crippen LogP contribution in [-0.2, 0) is 0 Å². The second-order valence-corrected chi connectivity index (χ2v) is 38.8. The van der Waals surface area contributed by atoms with E-state index in [1.807, 2.05) is 0 Å². The third-order valence-corrected chi connectivity index (χ3v) is 33.5. The molecule has 0 bridgehead atoms. The normalized spacial score (nSPS) is 46.2. The van der Waals surface area contributed by atoms with Crippen LogP contribution < -0.4 is 0 Å². The van der Waals surface area contributed by atoms with E-state index in [2.05, 4.69) is 0 Å². The lowest BCUT2D eigenvalue weighted by Gasteiger charge is -2.48. The van der Waals surface area contributed by atoms with E-state index in [1.54, 1.807) is 315 Å². The van der Waals surface area contributed by atoms with Crippen LogP contribution in [-0.4, -0.2) is 0 Å². The number of hydrogen-bond acceptors (Lipinski definition) is 0. The lowest BCUT2D eigenvalue weighted by atomic mass is 9.58. The summed E-state index contributed by atoms with van der Waals surface area (Å²) in [5.41, 5.74) is 0. The van der Waals surface area contributed by atoms with Crippen molar-refractivity contribution in [2.24, 2.45) is 142 Å². The standard InChI is InChI=1S/2C14H24.C11H20.C10H18.C9H16.C8H14.2C7H12.C6H10.C5H8/c1-3-7-13-11(5-1)9-10-12-6-2-4-8-14(12)13;1-2-6-12-10-14-8-4-3-7-13(14)9-11(12)5-1;1-2-6-10-8-4-5-9-11(10)7-3-1;1-2-6-10-8-4-3-7-9(10)5-1;1-2-5-9-7-3-6-8(9)4-1;1-3-7-5-2-6-8(7)4-1;1-2-6-4-5-7(6)3-1;1-2-4-7-5-6(7)3-1;1-2-5-4-6(5)3-1;1-2-5-3-4(1)5/h2*11-14H,1-10H2;10-11H,1-9H2;9-10H,1-8H2;8-9H,1-7H2;7-8H,1-6H2;2*6-7H,1-5H2;5-6H,1-4H2;4-5H,1-3H2/t;;10-,11+;;8-,9+;;2*6-,7+;5-,6+;4-,5+. The highest BCUT2D eigenvalue weighted by Crippen LogP contribution is 2.56. The van der Waals surface area contributed by atoms with Gasteiger partial charge in [0, 0.05) is 0 Å². The summed E-state index contributed by atoms with van der Waals surface area (Å²) < 4.78 is 0. The molecule has 8 unspecified atom stereocenters. The molecule has 22 saturated carbocycles. The number of rotatable bonds is 0. The van der Waals surface area contributed by atoms with Crippen molar-refractivity contribution in [3.63, 3.8) is 0 Å². The summed E-state index contributed by atoms with van der Waals surface area (Å²) in [6.45, 7) is 0. The molecule has 22 aliphatic carbocycles. The molecule has 0 amide bonds. The Morgan fingerprint density at radius 2 is 0.198 bits per heavy atom. The van der Waals surface area contributed by atoms with Gasteiger partial charge in [0.1, 0.15) is 0 Å². The van der Waals surface area contributed by atoms with Crippen LogP contribution in [0.3, 0.4) is 0 Å². The van der Waals surface area contributed by atoms with Gasteiger partial charge in [0.2, 0.25) is 0 Å². The van der Waals surface area contributed by atoms with E-state index in [4.69, 9.17) is 0 Å². The summed E-state index contributed by atoms with van der Waals surface area (Å²) in [4.78, 5) is 0. The molecule has 22 aliphatic rings. The van der Waals surface area contributed by atoms with Crippen LogP contribution in [0.25, 0.3) is 0 Å². The van der Waals surface area contributed by atoms with E-state index >= 15 is 0 Å². The Morgan fingerprint density at radius 1 is 0.0769 bits per heavy atom. The van der Waals surface area contributed by atoms with Gasteiger partial charge < -0.3 is 0 Å². The van der Waals surface area contributed by atoms with Crippen molar-refractivity contribution in [1.29, 1.82) is 0 Å². The van der Waals surface area contributed by atoms with E-state index in [0.717, 1.165) is 59.2 Å². The highest BCUT2D eigenvalue weighted by atomic mass is 14.5. The minimum absolute atomic E-state index is 1.14. The van der Waals surface area contributed by atoms with Gasteiger partial charge in [-0.25, -0.2) is 0 Å². The maximum atomic E-state index is 1.62. The SMILES string of the molecule is C1CC2CCCC2C1.C1CCC2C(C1)CCC1CCCCC12.C1CCC2CC3CCCCC3CC2C1.C1CCC2CCCCC2C1.C1CC[C@@H]2CCCC[C@@H]2CC1.C1CC[C@H]2CCC[C@H]2C1.C1CC[C@H]2C[C@H]2C1.C1C[C@@H]2CC[C@@H]2C1.C1C[C@@H]2C[C@@H]2C1.C1C[C@H]2C[C@@H]12. The Balaban J connectivity index is 0.0000000938. The lowest BCUT2D eigenvalue weighted by Crippen LogP contribution is -2.38. The van der Waals surface area contributed by atoms with Crippen molar-refractivity contribution in [2.45, 2.75) is 430 Å². The first kappa shape index (κ1) is 69.5. The minimum Gasteiger partial charge on any atom is -0.0533 e. The third kappa shape index (κ3) is 21.0. The van der Waals surface area contributed by atoms with Crippen molar-refractivity contribution in [3.8, 4) is 0 Å². The summed E-state index contributed by atoms with van der Waals surface area (Å²) in [7, 11) is 0. The quantitative estimate of drug-likeness (QED) is 0.227. The fourth-order valence-electron chi connectivity index (χ4n) is 27.1. The molecule has 0 heterocycles. The molecule has 22 rings (SSSR count). The highest BCUT2D eigenvalue weighted by molar-refractivity contribution is 4.96. The molecule has 20 atom stereocenters. The topological polar surface area (TPSA) is 0 Å². The zero-order valence-electron chi connectivity index (χ0n) is 61.2. The second kappa shape index (κ2) is 36.9. The first-order chi connectivity index (χ1) is 45.1. The first-order valence-electron chi connectivity index (χ1n) is 45.1. The summed E-state index contributed by atoms with van der Waals surface area (Å²) in [6.07, 6.45) is 104. The van der Waals surface area contributed by atoms with Gasteiger partial charge in [0.15, 0.2) is 0 Å². The van der Waals surface area contributed by atoms with Crippen LogP contribution in [0.1, 0.15) is 430 Å². The molecule has 522 valence electrons. The monoisotopic (exact) mass is 1250 g/mol. The van der Waals surface area contributed by atoms with Gasteiger partial charge in [0.25, 0.3) is 0 Å². The maximum Gasteiger partial charge on any atom is -0.0355 e. The van der Waals surface area contributed by atoms with Crippen LogP contribution in [0.15, 0.2) is 0 Å². The van der Waals surface area contributed by atoms with Crippen LogP contribution in [0, 0.1) is 142 Å². The van der Waals surface area contributed by atoms with Gasteiger partial charge in [-0.2, -0.15) is 0 Å². The minimum atomic E-state index is 1.14. The molecule has 0 N–H and O–H groups in total. The highest BCUT2D eigenvalue weighted by Gasteiger charge is 2.45. The zero-order chi connectivity index (χ0) is 61.2. The van der Waals surface area contributed by atoms with Gasteiger partial charge in [0.05, 0.1) is 0 Å². The molecule has 0 nitrogen and oxygen atoms in total. The Morgan fingerprint density at radius 3 is 0.396 bits per heavy atom. The van der Waals surface area contributed by atoms with Gasteiger partial charge in [-0.3, -0.25) is 0 Å². The van der Waals surface area contributed by atoms with E-state index in [9.17, 15) is 0 Å². The van der Waals surface area contributed by atoms with Crippen molar-refractivity contribution >= 4 is 0 Å². The van der Waals surface area contributed by atoms with Crippen molar-refractivity contribution in [2.75, 3.05) is 0 Å². The van der Waals surface area contributed by atoms with Gasteiger partial charge >= 0.3 is 0 Å². The molecule has 0 radical (unpaired) electrons. The molecule has 0 heteroatoms. The first-order valence-corrected chi connectivity index (χ1v) is 45.1. The Bertz CT molecular complexity index is 1800. The number of fused-ring (bicyclic) bond motifs is 13. The maximum absolute atomic E-state index is 1.62. The fraction of sp³-hybridized carbons (Fsp3) is 1.00. The molecule has 22 fully saturated rings. The predicted molar refractivity (Wildman–Crippen MR) is 393 cm³/mol. The fourth-order valence-corrected chi connectivity index (χ4v) is 27.1. The van der Waals surface area contributed by atoms with E-state index < -0.39 is 0 Å². The summed E-state index contributed by atoms with van der Waals surface area (Å²) in [6, 6.07) is 0. The molecular weight excluding hydrogens is 1090 g/mol. The van der Waals surface area contributed by atoms with Crippen molar-refractivity contribution in [1.82, 2.24) is 0 Å². The zero-order valence-corrected chi connectivity index (χ0v) is 61.2. The Hall–Kier alpha value is 0. The van der Waals surface area contributed by atoms with Crippen molar-refractivity contribution in [3.05, 3.63) is 0 Å². The van der Waals surface area contributed by atoms with Gasteiger partial charge in [-0.05, 0) is 226 Å². The Labute approximate surface area is 569 Å². The lowest BCUT2D eigenvalue weighted by molar-refractivity contribution is 0.0278. The molecule has 0 spiro atoms. The van der Waals surface area contributed by atoms with E-state index in [-0.39, 0.29) is 0 Å². The predicted octanol–water partition coefficient (Wildman–Crippen LogP) is 29.1. The molecule has 91 heavy (non-hydrogen) atoms. The third-order valence-electron chi connectivity index (χ3n) is 33.5. The Kier molecular flexibility index (Phi) is 28.2. The average molecular weight is 1250 g/mol. The second-order valence-electron chi connectivity index (χ2n) is 38.8. The molecule has 0 aromatic carbocycles. The van der Waals surface area contributed by atoms with Gasteiger partial charge in [-0.15, -0.1) is 0 Å². The molecular formula is C91H158. The summed E-state index contributed by atoms with van der Waals surface area (Å²) in [5.74, 6) is 28.2. The van der Waals surface area contributed by atoms with Crippen LogP contribution in [0.5, 0.6) is 0 Å². The van der Waals surface area contributed by atoms with Gasteiger partial charge in [-0.1, -0.05) is 347 Å². The van der Waals surface area contributed by atoms with Crippen LogP contribution >= 0.6 is 0 Å². The van der Waals surface area contributed by atoms with Crippen LogP contribution in [0.4, 0.5) is 0 Å². The summed E-state index contributed by atoms with van der Waals surface area (Å²) >= 11 is 0. The molecule has 0 aliphatic heterocycles. The summed E-state index contributed by atoms with van der Waals surface area (Å²) in [5, 5.41) is 0. The largest absolute Gasteiger partial charge is 0.0533 e. The average Bonchev–Trinajstić information content (AvgIpc) is 1.96. The van der Waals surface area contributed by atoms with E-state index in [1.165, 1.54) is 198 Å². The smallest absolute Gasteiger partial charge is 0.0355 e. The van der Waals surface area contributed by atoms with Crippen LogP contribution in [0.2, 0.25) is 0 Å². The molecule has 0 saturated heterocycles.